The van der Waals surface area contributed by atoms with Gasteiger partial charge in [-0.15, -0.1) is 0 Å². The zero-order chi connectivity index (χ0) is 18.8. The van der Waals surface area contributed by atoms with E-state index in [1.807, 2.05) is 66.2 Å². The summed E-state index contributed by atoms with van der Waals surface area (Å²) in [6, 6.07) is 15.1. The van der Waals surface area contributed by atoms with E-state index in [1.54, 1.807) is 18.0 Å². The Hall–Kier alpha value is -3.61. The molecule has 7 nitrogen and oxygen atoms in total. The van der Waals surface area contributed by atoms with Gasteiger partial charge in [-0.1, -0.05) is 0 Å². The number of nitrogens with zero attached hydrogens (tertiary/aromatic N) is 4. The first-order valence-corrected chi connectivity index (χ1v) is 8.55. The third-order valence-electron chi connectivity index (χ3n) is 4.25. The van der Waals surface area contributed by atoms with Gasteiger partial charge in [0.05, 0.1) is 18.5 Å². The number of nitrogens with one attached hydrogen (secondary N) is 1. The van der Waals surface area contributed by atoms with Gasteiger partial charge >= 0.3 is 0 Å². The molecule has 4 aromatic rings. The zero-order valence-electron chi connectivity index (χ0n) is 15.1. The van der Waals surface area contributed by atoms with Crippen LogP contribution in [0.15, 0.2) is 60.9 Å². The van der Waals surface area contributed by atoms with Gasteiger partial charge < -0.3 is 14.6 Å². The first-order valence-electron chi connectivity index (χ1n) is 8.55. The van der Waals surface area contributed by atoms with Gasteiger partial charge in [0.1, 0.15) is 23.8 Å². The summed E-state index contributed by atoms with van der Waals surface area (Å²) < 4.78 is 8.72. The molecule has 7 heteroatoms. The molecule has 0 atom stereocenters. The van der Waals surface area contributed by atoms with Crippen LogP contribution in [-0.4, -0.2) is 32.3 Å². The fourth-order valence-electron chi connectivity index (χ4n) is 2.99. The Balaban J connectivity index is 1.56. The molecular weight excluding hydrogens is 342 g/mol. The summed E-state index contributed by atoms with van der Waals surface area (Å²) in [5.74, 6) is 1.24. The van der Waals surface area contributed by atoms with E-state index < -0.39 is 0 Å². The standard InChI is InChI=1S/C20H19N5O2/c1-14-12-18(25(23-14)16-5-7-17(27-2)8-6-16)22-19(26)13-24-11-9-15-4-3-10-21-20(15)24/h3-12H,13H2,1-2H3,(H,22,26). The van der Waals surface area contributed by atoms with E-state index in [9.17, 15) is 4.79 Å². The minimum absolute atomic E-state index is 0.146. The van der Waals surface area contributed by atoms with Crippen LogP contribution in [0.2, 0.25) is 0 Å². The number of methoxy groups -OCH3 is 1. The van der Waals surface area contributed by atoms with E-state index in [-0.39, 0.29) is 12.5 Å². The second kappa shape index (κ2) is 6.95. The van der Waals surface area contributed by atoms with Gasteiger partial charge in [0.15, 0.2) is 0 Å². The Labute approximate surface area is 156 Å². The van der Waals surface area contributed by atoms with E-state index in [0.717, 1.165) is 28.2 Å². The molecule has 1 aromatic carbocycles. The third kappa shape index (κ3) is 3.39. The van der Waals surface area contributed by atoms with Crippen LogP contribution >= 0.6 is 0 Å². The molecule has 0 saturated carbocycles. The number of hydrogen-bond acceptors (Lipinski definition) is 4. The summed E-state index contributed by atoms with van der Waals surface area (Å²) in [6.07, 6.45) is 3.59. The molecule has 0 aliphatic rings. The lowest BCUT2D eigenvalue weighted by Gasteiger charge is -2.10. The van der Waals surface area contributed by atoms with Gasteiger partial charge in [-0.2, -0.15) is 5.10 Å². The lowest BCUT2D eigenvalue weighted by atomic mass is 10.3. The zero-order valence-corrected chi connectivity index (χ0v) is 15.1. The number of carbonyl (C=O) groups excluding carboxylic acids is 1. The molecular formula is C20H19N5O2. The molecule has 0 aliphatic carbocycles. The minimum Gasteiger partial charge on any atom is -0.497 e. The summed E-state index contributed by atoms with van der Waals surface area (Å²) in [6.45, 7) is 2.06. The molecule has 0 spiro atoms. The van der Waals surface area contributed by atoms with Gasteiger partial charge in [0.2, 0.25) is 5.91 Å². The number of fused-ring (bicyclic) bond motifs is 1. The van der Waals surface area contributed by atoms with Gasteiger partial charge in [-0.05, 0) is 49.4 Å². The van der Waals surface area contributed by atoms with Crippen molar-refractivity contribution >= 4 is 22.8 Å². The van der Waals surface area contributed by atoms with E-state index >= 15 is 0 Å². The normalized spacial score (nSPS) is 10.9. The summed E-state index contributed by atoms with van der Waals surface area (Å²) >= 11 is 0. The largest absolute Gasteiger partial charge is 0.497 e. The number of ether oxygens (including phenoxy) is 1. The molecule has 0 radical (unpaired) electrons. The molecule has 0 fully saturated rings. The van der Waals surface area contributed by atoms with Crippen molar-refractivity contribution in [1.82, 2.24) is 19.3 Å². The van der Waals surface area contributed by atoms with Crippen LogP contribution in [0.25, 0.3) is 16.7 Å². The highest BCUT2D eigenvalue weighted by Gasteiger charge is 2.13. The fourth-order valence-corrected chi connectivity index (χ4v) is 2.99. The molecule has 1 N–H and O–H groups in total. The number of benzene rings is 1. The van der Waals surface area contributed by atoms with Crippen molar-refractivity contribution in [3.8, 4) is 11.4 Å². The summed E-state index contributed by atoms with van der Waals surface area (Å²) in [5, 5.41) is 8.43. The van der Waals surface area contributed by atoms with Crippen molar-refractivity contribution in [2.24, 2.45) is 0 Å². The Bertz CT molecular complexity index is 1100. The first-order chi connectivity index (χ1) is 13.1. The second-order valence-electron chi connectivity index (χ2n) is 6.19. The number of anilines is 1. The molecule has 136 valence electrons. The number of carbonyl (C=O) groups is 1. The topological polar surface area (TPSA) is 74.0 Å². The van der Waals surface area contributed by atoms with Crippen LogP contribution in [0.3, 0.4) is 0 Å². The molecule has 3 heterocycles. The monoisotopic (exact) mass is 361 g/mol. The average molecular weight is 361 g/mol. The van der Waals surface area contributed by atoms with E-state index in [0.29, 0.717) is 5.82 Å². The number of amides is 1. The van der Waals surface area contributed by atoms with Crippen molar-refractivity contribution < 1.29 is 9.53 Å². The van der Waals surface area contributed by atoms with Gasteiger partial charge in [-0.3, -0.25) is 4.79 Å². The fraction of sp³-hybridized carbons (Fsp3) is 0.150. The Morgan fingerprint density at radius 3 is 2.78 bits per heavy atom. The molecule has 0 unspecified atom stereocenters. The highest BCUT2D eigenvalue weighted by molar-refractivity contribution is 5.91. The number of rotatable bonds is 5. The summed E-state index contributed by atoms with van der Waals surface area (Å²) in [7, 11) is 1.62. The Kier molecular flexibility index (Phi) is 4.33. The first kappa shape index (κ1) is 16.8. The van der Waals surface area contributed by atoms with Gasteiger partial charge in [0, 0.05) is 23.8 Å². The Morgan fingerprint density at radius 2 is 2.00 bits per heavy atom. The van der Waals surface area contributed by atoms with Crippen LogP contribution in [0.1, 0.15) is 5.69 Å². The average Bonchev–Trinajstić information content (AvgIpc) is 3.25. The third-order valence-corrected chi connectivity index (χ3v) is 4.25. The molecule has 27 heavy (non-hydrogen) atoms. The molecule has 4 rings (SSSR count). The maximum Gasteiger partial charge on any atom is 0.245 e. The number of aryl methyl sites for hydroxylation is 1. The highest BCUT2D eigenvalue weighted by atomic mass is 16.5. The van der Waals surface area contributed by atoms with Crippen molar-refractivity contribution in [3.63, 3.8) is 0 Å². The maximum atomic E-state index is 12.6. The van der Waals surface area contributed by atoms with Crippen molar-refractivity contribution in [2.75, 3.05) is 12.4 Å². The van der Waals surface area contributed by atoms with E-state index in [1.165, 1.54) is 0 Å². The Morgan fingerprint density at radius 1 is 1.19 bits per heavy atom. The molecule has 0 bridgehead atoms. The van der Waals surface area contributed by atoms with Crippen LogP contribution in [-0.2, 0) is 11.3 Å². The van der Waals surface area contributed by atoms with Crippen LogP contribution in [0.4, 0.5) is 5.82 Å². The number of hydrogen-bond donors (Lipinski definition) is 1. The second-order valence-corrected chi connectivity index (χ2v) is 6.19. The van der Waals surface area contributed by atoms with Crippen LogP contribution in [0, 0.1) is 6.92 Å². The predicted octanol–water partition coefficient (Wildman–Crippen LogP) is 3.18. The summed E-state index contributed by atoms with van der Waals surface area (Å²) in [4.78, 5) is 16.9. The number of aromatic nitrogens is 4. The molecule has 1 amide bonds. The van der Waals surface area contributed by atoms with Crippen molar-refractivity contribution in [3.05, 3.63) is 66.6 Å². The van der Waals surface area contributed by atoms with Crippen LogP contribution < -0.4 is 10.1 Å². The van der Waals surface area contributed by atoms with E-state index in [2.05, 4.69) is 15.4 Å². The lowest BCUT2D eigenvalue weighted by molar-refractivity contribution is -0.116. The predicted molar refractivity (Wildman–Crippen MR) is 103 cm³/mol. The molecule has 0 aliphatic heterocycles. The SMILES string of the molecule is COc1ccc(-n2nc(C)cc2NC(=O)Cn2ccc3cccnc32)cc1. The lowest BCUT2D eigenvalue weighted by Crippen LogP contribution is -2.20. The molecule has 3 aromatic heterocycles. The highest BCUT2D eigenvalue weighted by Crippen LogP contribution is 2.20. The van der Waals surface area contributed by atoms with Crippen molar-refractivity contribution in [1.29, 1.82) is 0 Å². The minimum atomic E-state index is -0.146. The van der Waals surface area contributed by atoms with Gasteiger partial charge in [0.25, 0.3) is 0 Å². The summed E-state index contributed by atoms with van der Waals surface area (Å²) in [5.41, 5.74) is 2.44. The quantitative estimate of drug-likeness (QED) is 0.592. The number of pyridine rings is 1. The smallest absolute Gasteiger partial charge is 0.245 e. The van der Waals surface area contributed by atoms with Crippen molar-refractivity contribution in [2.45, 2.75) is 13.5 Å². The maximum absolute atomic E-state index is 12.6. The molecule has 0 saturated heterocycles. The van der Waals surface area contributed by atoms with Crippen LogP contribution in [0.5, 0.6) is 5.75 Å². The van der Waals surface area contributed by atoms with Gasteiger partial charge in [-0.25, -0.2) is 9.67 Å². The van der Waals surface area contributed by atoms with E-state index in [4.69, 9.17) is 4.74 Å².